The van der Waals surface area contributed by atoms with Crippen LogP contribution in [0.25, 0.3) is 0 Å². The Hall–Kier alpha value is -2.67. The second-order valence-electron chi connectivity index (χ2n) is 6.51. The van der Waals surface area contributed by atoms with Crippen LogP contribution in [0.3, 0.4) is 0 Å². The van der Waals surface area contributed by atoms with Gasteiger partial charge >= 0.3 is 0 Å². The number of fused-ring (bicyclic) bond motifs is 1. The third-order valence-corrected chi connectivity index (χ3v) is 4.79. The summed E-state index contributed by atoms with van der Waals surface area (Å²) in [4.78, 5) is 28.6. The molecule has 0 saturated carbocycles. The van der Waals surface area contributed by atoms with Crippen LogP contribution in [0.2, 0.25) is 0 Å². The SMILES string of the molecule is Cn1ccc(C(=O)N2C[C@@H]3[C@@H](C2)OCC(=O)N3Cc2ccccc2)n1. The smallest absolute Gasteiger partial charge is 0.274 e. The minimum absolute atomic E-state index is 0.0303. The van der Waals surface area contributed by atoms with Crippen molar-refractivity contribution in [2.45, 2.75) is 18.7 Å². The van der Waals surface area contributed by atoms with Crippen molar-refractivity contribution in [2.75, 3.05) is 19.7 Å². The van der Waals surface area contributed by atoms with Crippen LogP contribution in [0.15, 0.2) is 42.6 Å². The number of rotatable bonds is 3. The lowest BCUT2D eigenvalue weighted by Crippen LogP contribution is -2.53. The maximum absolute atomic E-state index is 12.6. The number of aryl methyl sites for hydroxylation is 1. The van der Waals surface area contributed by atoms with Crippen LogP contribution in [-0.4, -0.2) is 63.2 Å². The molecule has 2 aliphatic rings. The van der Waals surface area contributed by atoms with E-state index in [1.165, 1.54) is 0 Å². The first-order valence-electron chi connectivity index (χ1n) is 8.36. The molecule has 2 aliphatic heterocycles. The molecule has 0 bridgehead atoms. The highest BCUT2D eigenvalue weighted by molar-refractivity contribution is 5.92. The molecule has 3 heterocycles. The number of amides is 2. The highest BCUT2D eigenvalue weighted by Gasteiger charge is 2.44. The van der Waals surface area contributed by atoms with Crippen LogP contribution in [0, 0.1) is 0 Å². The van der Waals surface area contributed by atoms with Gasteiger partial charge < -0.3 is 14.5 Å². The van der Waals surface area contributed by atoms with Crippen molar-refractivity contribution in [2.24, 2.45) is 7.05 Å². The maximum atomic E-state index is 12.6. The molecule has 7 heteroatoms. The number of hydrogen-bond donors (Lipinski definition) is 0. The second-order valence-corrected chi connectivity index (χ2v) is 6.51. The van der Waals surface area contributed by atoms with E-state index >= 15 is 0 Å². The third-order valence-electron chi connectivity index (χ3n) is 4.79. The zero-order valence-corrected chi connectivity index (χ0v) is 14.0. The van der Waals surface area contributed by atoms with Crippen molar-refractivity contribution < 1.29 is 14.3 Å². The molecule has 0 radical (unpaired) electrons. The molecule has 7 nitrogen and oxygen atoms in total. The summed E-state index contributed by atoms with van der Waals surface area (Å²) in [5, 5.41) is 4.18. The third kappa shape index (κ3) is 3.02. The maximum Gasteiger partial charge on any atom is 0.274 e. The minimum Gasteiger partial charge on any atom is -0.364 e. The van der Waals surface area contributed by atoms with Crippen LogP contribution in [-0.2, 0) is 23.1 Å². The van der Waals surface area contributed by atoms with E-state index in [-0.39, 0.29) is 30.6 Å². The van der Waals surface area contributed by atoms with Gasteiger partial charge in [0.05, 0.1) is 12.1 Å². The molecule has 2 fully saturated rings. The summed E-state index contributed by atoms with van der Waals surface area (Å²) >= 11 is 0. The van der Waals surface area contributed by atoms with Gasteiger partial charge in [0, 0.05) is 32.9 Å². The lowest BCUT2D eigenvalue weighted by atomic mass is 10.1. The van der Waals surface area contributed by atoms with Gasteiger partial charge in [-0.2, -0.15) is 5.10 Å². The summed E-state index contributed by atoms with van der Waals surface area (Å²) in [6.07, 6.45) is 1.60. The molecule has 0 spiro atoms. The Morgan fingerprint density at radius 1 is 1.24 bits per heavy atom. The summed E-state index contributed by atoms with van der Waals surface area (Å²) in [6, 6.07) is 11.5. The first kappa shape index (κ1) is 15.8. The van der Waals surface area contributed by atoms with Crippen LogP contribution < -0.4 is 0 Å². The number of aromatic nitrogens is 2. The summed E-state index contributed by atoms with van der Waals surface area (Å²) in [5.74, 6) is -0.150. The van der Waals surface area contributed by atoms with Crippen LogP contribution in [0.5, 0.6) is 0 Å². The predicted molar refractivity (Wildman–Crippen MR) is 89.6 cm³/mol. The van der Waals surface area contributed by atoms with E-state index < -0.39 is 0 Å². The molecule has 2 saturated heterocycles. The van der Waals surface area contributed by atoms with Gasteiger partial charge in [-0.05, 0) is 11.6 Å². The van der Waals surface area contributed by atoms with Crippen molar-refractivity contribution in [3.05, 3.63) is 53.9 Å². The second kappa shape index (κ2) is 6.33. The highest BCUT2D eigenvalue weighted by atomic mass is 16.5. The van der Waals surface area contributed by atoms with Crippen molar-refractivity contribution >= 4 is 11.8 Å². The van der Waals surface area contributed by atoms with Crippen LogP contribution >= 0.6 is 0 Å². The molecule has 25 heavy (non-hydrogen) atoms. The summed E-state index contributed by atoms with van der Waals surface area (Å²) < 4.78 is 7.30. The van der Waals surface area contributed by atoms with E-state index in [1.54, 1.807) is 28.9 Å². The van der Waals surface area contributed by atoms with Crippen molar-refractivity contribution in [3.8, 4) is 0 Å². The van der Waals surface area contributed by atoms with E-state index in [1.807, 2.05) is 35.2 Å². The Morgan fingerprint density at radius 3 is 2.76 bits per heavy atom. The molecular formula is C18H20N4O3. The van der Waals surface area contributed by atoms with E-state index in [2.05, 4.69) is 5.10 Å². The zero-order chi connectivity index (χ0) is 17.4. The summed E-state index contributed by atoms with van der Waals surface area (Å²) in [7, 11) is 1.78. The molecule has 2 amide bonds. The molecule has 2 atom stereocenters. The Kier molecular flexibility index (Phi) is 4.01. The number of ether oxygens (including phenoxy) is 1. The van der Waals surface area contributed by atoms with Gasteiger partial charge in [-0.15, -0.1) is 0 Å². The lowest BCUT2D eigenvalue weighted by molar-refractivity contribution is -0.153. The fourth-order valence-electron chi connectivity index (χ4n) is 3.51. The van der Waals surface area contributed by atoms with Gasteiger partial charge in [-0.25, -0.2) is 0 Å². The molecule has 0 N–H and O–H groups in total. The van der Waals surface area contributed by atoms with Gasteiger partial charge in [0.2, 0.25) is 5.91 Å². The quantitative estimate of drug-likeness (QED) is 0.824. The number of carbonyl (C=O) groups is 2. The predicted octanol–water partition coefficient (Wildman–Crippen LogP) is 0.672. The number of carbonyl (C=O) groups excluding carboxylic acids is 2. The largest absolute Gasteiger partial charge is 0.364 e. The van der Waals surface area contributed by atoms with Gasteiger partial charge in [0.15, 0.2) is 0 Å². The normalized spacial score (nSPS) is 23.0. The van der Waals surface area contributed by atoms with Gasteiger partial charge in [-0.1, -0.05) is 30.3 Å². The van der Waals surface area contributed by atoms with E-state index in [0.717, 1.165) is 5.56 Å². The Labute approximate surface area is 145 Å². The zero-order valence-electron chi connectivity index (χ0n) is 14.0. The summed E-state index contributed by atoms with van der Waals surface area (Å²) in [5.41, 5.74) is 1.49. The van der Waals surface area contributed by atoms with Crippen molar-refractivity contribution in [1.82, 2.24) is 19.6 Å². The van der Waals surface area contributed by atoms with E-state index in [0.29, 0.717) is 25.3 Å². The number of hydrogen-bond acceptors (Lipinski definition) is 4. The van der Waals surface area contributed by atoms with Gasteiger partial charge in [0.25, 0.3) is 5.91 Å². The van der Waals surface area contributed by atoms with Crippen molar-refractivity contribution in [3.63, 3.8) is 0 Å². The molecule has 0 aliphatic carbocycles. The lowest BCUT2D eigenvalue weighted by Gasteiger charge is -2.36. The fraction of sp³-hybridized carbons (Fsp3) is 0.389. The van der Waals surface area contributed by atoms with Crippen LogP contribution in [0.1, 0.15) is 16.1 Å². The number of benzene rings is 1. The van der Waals surface area contributed by atoms with Gasteiger partial charge in [0.1, 0.15) is 12.3 Å². The van der Waals surface area contributed by atoms with Gasteiger partial charge in [-0.3, -0.25) is 14.3 Å². The Bertz CT molecular complexity index is 789. The van der Waals surface area contributed by atoms with Crippen molar-refractivity contribution in [1.29, 1.82) is 0 Å². The topological polar surface area (TPSA) is 67.7 Å². The average molecular weight is 340 g/mol. The number of morpholine rings is 1. The number of nitrogens with zero attached hydrogens (tertiary/aromatic N) is 4. The molecule has 0 unspecified atom stereocenters. The Balaban J connectivity index is 1.51. The molecule has 130 valence electrons. The van der Waals surface area contributed by atoms with E-state index in [9.17, 15) is 9.59 Å². The molecular weight excluding hydrogens is 320 g/mol. The minimum atomic E-state index is -0.144. The molecule has 1 aromatic heterocycles. The Morgan fingerprint density at radius 2 is 2.04 bits per heavy atom. The highest BCUT2D eigenvalue weighted by Crippen LogP contribution is 2.26. The molecule has 1 aromatic carbocycles. The number of likely N-dealkylation sites (tertiary alicyclic amines) is 1. The standard InChI is InChI=1S/C18H20N4O3/c1-20-8-7-14(19-20)18(24)21-10-15-16(11-21)25-12-17(23)22(15)9-13-5-3-2-4-6-13/h2-8,15-16H,9-12H2,1H3/t15-,16-/m1/s1. The first-order valence-corrected chi connectivity index (χ1v) is 8.36. The first-order chi connectivity index (χ1) is 12.1. The van der Waals surface area contributed by atoms with Crippen LogP contribution in [0.4, 0.5) is 0 Å². The molecule has 2 aromatic rings. The van der Waals surface area contributed by atoms with E-state index in [4.69, 9.17) is 4.74 Å². The average Bonchev–Trinajstić information content (AvgIpc) is 3.24. The monoisotopic (exact) mass is 340 g/mol. The summed E-state index contributed by atoms with van der Waals surface area (Å²) in [6.45, 7) is 1.56. The fourth-order valence-corrected chi connectivity index (χ4v) is 3.51. The molecule has 4 rings (SSSR count).